The molecule has 1 N–H and O–H groups in total. The predicted molar refractivity (Wildman–Crippen MR) is 75.4 cm³/mol. The van der Waals surface area contributed by atoms with E-state index >= 15 is 0 Å². The summed E-state index contributed by atoms with van der Waals surface area (Å²) in [6.07, 6.45) is 6.39. The molecule has 3 heterocycles. The summed E-state index contributed by atoms with van der Waals surface area (Å²) in [5.41, 5.74) is 5.51. The molecule has 3 nitrogen and oxygen atoms in total. The van der Waals surface area contributed by atoms with Gasteiger partial charge < -0.3 is 10.2 Å². The fraction of sp³-hybridized carbons (Fsp3) is 0.562. The van der Waals surface area contributed by atoms with Gasteiger partial charge in [-0.1, -0.05) is 12.1 Å². The topological polar surface area (TPSA) is 32.3 Å². The van der Waals surface area contributed by atoms with Crippen LogP contribution in [-0.4, -0.2) is 19.0 Å². The van der Waals surface area contributed by atoms with Gasteiger partial charge in [-0.2, -0.15) is 0 Å². The number of carbonyl (C=O) groups is 1. The van der Waals surface area contributed by atoms with Crippen molar-refractivity contribution in [1.82, 2.24) is 5.32 Å². The average molecular weight is 256 g/mol. The molecular weight excluding hydrogens is 236 g/mol. The van der Waals surface area contributed by atoms with E-state index < -0.39 is 0 Å². The lowest BCUT2D eigenvalue weighted by Gasteiger charge is -2.36. The van der Waals surface area contributed by atoms with Crippen LogP contribution in [0.15, 0.2) is 12.1 Å². The summed E-state index contributed by atoms with van der Waals surface area (Å²) in [6.45, 7) is 2.06. The second-order valence-corrected chi connectivity index (χ2v) is 5.99. The fourth-order valence-corrected chi connectivity index (χ4v) is 3.85. The number of hydrogen-bond acceptors (Lipinski definition) is 2. The fourth-order valence-electron chi connectivity index (χ4n) is 3.85. The zero-order chi connectivity index (χ0) is 12.8. The van der Waals surface area contributed by atoms with Crippen molar-refractivity contribution in [3.63, 3.8) is 0 Å². The van der Waals surface area contributed by atoms with E-state index in [0.29, 0.717) is 18.4 Å². The third-order valence-electron chi connectivity index (χ3n) is 4.76. The van der Waals surface area contributed by atoms with Crippen LogP contribution in [0.25, 0.3) is 0 Å². The van der Waals surface area contributed by atoms with Crippen molar-refractivity contribution in [2.24, 2.45) is 0 Å². The molecule has 3 aliphatic rings. The quantitative estimate of drug-likeness (QED) is 0.836. The Kier molecular flexibility index (Phi) is 2.62. The highest BCUT2D eigenvalue weighted by atomic mass is 16.2. The van der Waals surface area contributed by atoms with Crippen LogP contribution in [0.1, 0.15) is 48.4 Å². The van der Waals surface area contributed by atoms with Gasteiger partial charge in [0.05, 0.1) is 5.69 Å². The summed E-state index contributed by atoms with van der Waals surface area (Å²) in [5.74, 6) is 0.320. The molecule has 100 valence electrons. The van der Waals surface area contributed by atoms with E-state index in [-0.39, 0.29) is 0 Å². The van der Waals surface area contributed by atoms with Gasteiger partial charge in [0, 0.05) is 19.0 Å². The SMILES string of the molecule is O=C1CCc2cc(C3CCCN3)cc3c2N1CCC3. The Morgan fingerprint density at radius 2 is 1.95 bits per heavy atom. The molecule has 1 fully saturated rings. The van der Waals surface area contributed by atoms with Crippen LogP contribution < -0.4 is 10.2 Å². The molecule has 19 heavy (non-hydrogen) atoms. The molecule has 3 heteroatoms. The lowest BCUT2D eigenvalue weighted by atomic mass is 9.88. The Balaban J connectivity index is 1.81. The van der Waals surface area contributed by atoms with Gasteiger partial charge in [-0.15, -0.1) is 0 Å². The molecule has 1 aromatic rings. The zero-order valence-corrected chi connectivity index (χ0v) is 11.2. The van der Waals surface area contributed by atoms with Gasteiger partial charge in [-0.25, -0.2) is 0 Å². The first kappa shape index (κ1) is 11.5. The first-order valence-corrected chi connectivity index (χ1v) is 7.52. The van der Waals surface area contributed by atoms with Crippen molar-refractivity contribution in [3.8, 4) is 0 Å². The molecule has 1 unspecified atom stereocenters. The third-order valence-corrected chi connectivity index (χ3v) is 4.76. The normalized spacial score (nSPS) is 25.6. The van der Waals surface area contributed by atoms with Crippen LogP contribution in [-0.2, 0) is 17.6 Å². The van der Waals surface area contributed by atoms with Gasteiger partial charge in [0.2, 0.25) is 5.91 Å². The molecule has 1 saturated heterocycles. The van der Waals surface area contributed by atoms with Crippen molar-refractivity contribution in [2.45, 2.75) is 44.6 Å². The Bertz CT molecular complexity index is 515. The second-order valence-electron chi connectivity index (χ2n) is 5.99. The third kappa shape index (κ3) is 1.79. The van der Waals surface area contributed by atoms with E-state index in [4.69, 9.17) is 0 Å². The number of aryl methyl sites for hydroxylation is 2. The molecule has 3 aliphatic heterocycles. The molecule has 0 spiro atoms. The molecule has 1 aromatic carbocycles. The second kappa shape index (κ2) is 4.34. The summed E-state index contributed by atoms with van der Waals surface area (Å²) in [6, 6.07) is 5.24. The Labute approximate surface area is 114 Å². The Morgan fingerprint density at radius 1 is 1.11 bits per heavy atom. The van der Waals surface area contributed by atoms with Crippen molar-refractivity contribution in [3.05, 3.63) is 28.8 Å². The maximum atomic E-state index is 12.0. The van der Waals surface area contributed by atoms with Crippen LogP contribution >= 0.6 is 0 Å². The molecule has 0 saturated carbocycles. The van der Waals surface area contributed by atoms with Crippen molar-refractivity contribution in [2.75, 3.05) is 18.0 Å². The molecule has 1 amide bonds. The van der Waals surface area contributed by atoms with E-state index in [9.17, 15) is 4.79 Å². The summed E-state index contributed by atoms with van der Waals surface area (Å²) in [4.78, 5) is 14.1. The Hall–Kier alpha value is -1.35. The van der Waals surface area contributed by atoms with Gasteiger partial charge in [0.25, 0.3) is 0 Å². The maximum Gasteiger partial charge on any atom is 0.227 e. The largest absolute Gasteiger partial charge is 0.312 e. The summed E-state index contributed by atoms with van der Waals surface area (Å²) in [5, 5.41) is 3.59. The van der Waals surface area contributed by atoms with E-state index in [1.807, 2.05) is 4.90 Å². The highest BCUT2D eigenvalue weighted by Crippen LogP contribution is 2.38. The minimum absolute atomic E-state index is 0.320. The molecule has 0 bridgehead atoms. The summed E-state index contributed by atoms with van der Waals surface area (Å²) < 4.78 is 0. The smallest absolute Gasteiger partial charge is 0.227 e. The molecule has 1 atom stereocenters. The monoisotopic (exact) mass is 256 g/mol. The number of rotatable bonds is 1. The minimum Gasteiger partial charge on any atom is -0.312 e. The number of hydrogen-bond donors (Lipinski definition) is 1. The number of anilines is 1. The van der Waals surface area contributed by atoms with E-state index in [1.165, 1.54) is 35.2 Å². The first-order chi connectivity index (χ1) is 9.33. The van der Waals surface area contributed by atoms with Crippen LogP contribution in [0, 0.1) is 0 Å². The lowest BCUT2D eigenvalue weighted by Crippen LogP contribution is -2.39. The molecule has 0 radical (unpaired) electrons. The van der Waals surface area contributed by atoms with Crippen LogP contribution in [0.5, 0.6) is 0 Å². The number of carbonyl (C=O) groups excluding carboxylic acids is 1. The van der Waals surface area contributed by atoms with Gasteiger partial charge in [-0.3, -0.25) is 4.79 Å². The standard InChI is InChI=1S/C16H20N2O/c19-15-6-5-12-10-13(14-4-1-7-17-14)9-11-3-2-8-18(15)16(11)12/h9-10,14,17H,1-8H2. The maximum absolute atomic E-state index is 12.0. The van der Waals surface area contributed by atoms with Gasteiger partial charge in [0.15, 0.2) is 0 Å². The van der Waals surface area contributed by atoms with Crippen molar-refractivity contribution in [1.29, 1.82) is 0 Å². The Morgan fingerprint density at radius 3 is 2.74 bits per heavy atom. The van der Waals surface area contributed by atoms with Crippen LogP contribution in [0.2, 0.25) is 0 Å². The van der Waals surface area contributed by atoms with Crippen LogP contribution in [0.4, 0.5) is 5.69 Å². The van der Waals surface area contributed by atoms with E-state index in [1.54, 1.807) is 0 Å². The van der Waals surface area contributed by atoms with Crippen molar-refractivity contribution < 1.29 is 4.79 Å². The number of nitrogens with one attached hydrogen (secondary N) is 1. The molecule has 0 aromatic heterocycles. The number of amides is 1. The van der Waals surface area contributed by atoms with Crippen molar-refractivity contribution >= 4 is 11.6 Å². The number of benzene rings is 1. The van der Waals surface area contributed by atoms with E-state index in [0.717, 1.165) is 32.4 Å². The molecule has 0 aliphatic carbocycles. The van der Waals surface area contributed by atoms with Crippen LogP contribution in [0.3, 0.4) is 0 Å². The highest BCUT2D eigenvalue weighted by molar-refractivity contribution is 5.97. The predicted octanol–water partition coefficient (Wildman–Crippen LogP) is 2.34. The van der Waals surface area contributed by atoms with Gasteiger partial charge in [0.1, 0.15) is 0 Å². The summed E-state index contributed by atoms with van der Waals surface area (Å²) >= 11 is 0. The zero-order valence-electron chi connectivity index (χ0n) is 11.2. The summed E-state index contributed by atoms with van der Waals surface area (Å²) in [7, 11) is 0. The number of nitrogens with zero attached hydrogens (tertiary/aromatic N) is 1. The lowest BCUT2D eigenvalue weighted by molar-refractivity contribution is -0.119. The highest BCUT2D eigenvalue weighted by Gasteiger charge is 2.30. The minimum atomic E-state index is 0.320. The molecular formula is C16H20N2O. The molecule has 4 rings (SSSR count). The average Bonchev–Trinajstić information content (AvgIpc) is 2.97. The van der Waals surface area contributed by atoms with Gasteiger partial charge in [-0.05, 0) is 55.3 Å². The van der Waals surface area contributed by atoms with E-state index in [2.05, 4.69) is 17.4 Å². The van der Waals surface area contributed by atoms with Gasteiger partial charge >= 0.3 is 0 Å². The first-order valence-electron chi connectivity index (χ1n) is 7.52.